The van der Waals surface area contributed by atoms with Gasteiger partial charge in [0, 0.05) is 18.4 Å². The molecule has 0 spiro atoms. The average Bonchev–Trinajstić information content (AvgIpc) is 2.18. The van der Waals surface area contributed by atoms with Gasteiger partial charge in [-0.25, -0.2) is 0 Å². The van der Waals surface area contributed by atoms with Crippen LogP contribution in [-0.2, 0) is 11.2 Å². The topological polar surface area (TPSA) is 34.1 Å². The van der Waals surface area contributed by atoms with E-state index >= 15 is 0 Å². The number of benzene rings is 1. The minimum atomic E-state index is 0.0415. The predicted octanol–water partition coefficient (Wildman–Crippen LogP) is 2.80. The molecule has 0 saturated heterocycles. The van der Waals surface area contributed by atoms with Crippen molar-refractivity contribution < 1.29 is 9.59 Å². The summed E-state index contributed by atoms with van der Waals surface area (Å²) in [6, 6.07) is 7.29. The Morgan fingerprint density at radius 1 is 1.27 bits per heavy atom. The quantitative estimate of drug-likeness (QED) is 0.691. The smallest absolute Gasteiger partial charge is 0.159 e. The van der Waals surface area contributed by atoms with Crippen molar-refractivity contribution in [3.8, 4) is 0 Å². The van der Waals surface area contributed by atoms with Gasteiger partial charge in [0.15, 0.2) is 5.78 Å². The second-order valence-electron chi connectivity index (χ2n) is 3.72. The van der Waals surface area contributed by atoms with Crippen LogP contribution in [0.4, 0.5) is 0 Å². The van der Waals surface area contributed by atoms with E-state index < -0.39 is 0 Å². The summed E-state index contributed by atoms with van der Waals surface area (Å²) in [4.78, 5) is 22.5. The zero-order chi connectivity index (χ0) is 11.3. The molecule has 0 radical (unpaired) electrons. The number of Topliss-reactive ketones (excluding diaryl/α,β-unsaturated/α-hetero) is 2. The molecule has 0 heterocycles. The van der Waals surface area contributed by atoms with E-state index in [-0.39, 0.29) is 11.6 Å². The number of carbonyl (C=O) groups is 2. The van der Waals surface area contributed by atoms with Gasteiger partial charge in [-0.15, -0.1) is 0 Å². The Bertz CT molecular complexity index is 367. The molecule has 1 aromatic carbocycles. The molecule has 0 aromatic heterocycles. The fraction of sp³-hybridized carbons (Fsp3) is 0.385. The summed E-state index contributed by atoms with van der Waals surface area (Å²) < 4.78 is 0. The van der Waals surface area contributed by atoms with Gasteiger partial charge in [0.05, 0.1) is 0 Å². The first-order valence-electron chi connectivity index (χ1n) is 5.25. The molecule has 0 unspecified atom stereocenters. The summed E-state index contributed by atoms with van der Waals surface area (Å²) in [6.45, 7) is 3.52. The molecule has 2 heteroatoms. The lowest BCUT2D eigenvalue weighted by Gasteiger charge is -2.02. The third-order valence-corrected chi connectivity index (χ3v) is 2.26. The van der Waals surface area contributed by atoms with Crippen molar-refractivity contribution in [1.29, 1.82) is 0 Å². The van der Waals surface area contributed by atoms with Crippen molar-refractivity contribution in [1.82, 2.24) is 0 Å². The molecule has 1 aromatic rings. The third-order valence-electron chi connectivity index (χ3n) is 2.26. The molecular formula is C13H16O2. The molecule has 0 fully saturated rings. The molecule has 2 nitrogen and oxygen atoms in total. The molecule has 0 saturated carbocycles. The zero-order valence-electron chi connectivity index (χ0n) is 9.25. The third kappa shape index (κ3) is 3.66. The van der Waals surface area contributed by atoms with Crippen molar-refractivity contribution in [2.45, 2.75) is 33.1 Å². The van der Waals surface area contributed by atoms with Gasteiger partial charge >= 0.3 is 0 Å². The second-order valence-corrected chi connectivity index (χ2v) is 3.72. The zero-order valence-corrected chi connectivity index (χ0v) is 9.25. The summed E-state index contributed by atoms with van der Waals surface area (Å²) in [6.07, 6.45) is 1.94. The lowest BCUT2D eigenvalue weighted by Crippen LogP contribution is -2.03. The molecule has 0 bridgehead atoms. The lowest BCUT2D eigenvalue weighted by atomic mass is 10.0. The highest BCUT2D eigenvalue weighted by atomic mass is 16.1. The first-order valence-corrected chi connectivity index (χ1v) is 5.25. The molecule has 0 atom stereocenters. The van der Waals surface area contributed by atoms with Gasteiger partial charge in [-0.3, -0.25) is 9.59 Å². The molecule has 0 aliphatic carbocycles. The Morgan fingerprint density at radius 2 is 2.00 bits per heavy atom. The van der Waals surface area contributed by atoms with E-state index in [2.05, 4.69) is 0 Å². The normalized spacial score (nSPS) is 10.0. The van der Waals surface area contributed by atoms with Crippen LogP contribution in [0.25, 0.3) is 0 Å². The van der Waals surface area contributed by atoms with Crippen molar-refractivity contribution in [2.24, 2.45) is 0 Å². The van der Waals surface area contributed by atoms with Gasteiger partial charge in [0.2, 0.25) is 0 Å². The van der Waals surface area contributed by atoms with Crippen molar-refractivity contribution in [3.63, 3.8) is 0 Å². The van der Waals surface area contributed by atoms with Crippen LogP contribution in [-0.4, -0.2) is 11.6 Å². The number of hydrogen-bond donors (Lipinski definition) is 0. The number of ketones is 2. The maximum Gasteiger partial charge on any atom is 0.159 e. The number of rotatable bonds is 5. The predicted molar refractivity (Wildman–Crippen MR) is 60.1 cm³/mol. The highest BCUT2D eigenvalue weighted by Gasteiger charge is 2.04. The molecular weight excluding hydrogens is 188 g/mol. The number of carbonyl (C=O) groups excluding carboxylic acids is 2. The fourth-order valence-corrected chi connectivity index (χ4v) is 1.50. The second kappa shape index (κ2) is 5.44. The van der Waals surface area contributed by atoms with E-state index in [9.17, 15) is 9.59 Å². The summed E-state index contributed by atoms with van der Waals surface area (Å²) in [5.74, 6) is 0.276. The largest absolute Gasteiger partial charge is 0.299 e. The SMILES string of the molecule is CCCC(=O)Cc1cccc(C(C)=O)c1. The monoisotopic (exact) mass is 204 g/mol. The van der Waals surface area contributed by atoms with Crippen LogP contribution in [0, 0.1) is 0 Å². The van der Waals surface area contributed by atoms with E-state index in [1.165, 1.54) is 6.92 Å². The van der Waals surface area contributed by atoms with Crippen LogP contribution in [0.5, 0.6) is 0 Å². The molecule has 0 amide bonds. The van der Waals surface area contributed by atoms with Gasteiger partial charge in [0.1, 0.15) is 5.78 Å². The summed E-state index contributed by atoms with van der Waals surface area (Å²) in [7, 11) is 0. The van der Waals surface area contributed by atoms with E-state index in [0.29, 0.717) is 18.4 Å². The summed E-state index contributed by atoms with van der Waals surface area (Å²) >= 11 is 0. The Labute approximate surface area is 90.3 Å². The van der Waals surface area contributed by atoms with Crippen LogP contribution in [0.1, 0.15) is 42.6 Å². The van der Waals surface area contributed by atoms with Crippen molar-refractivity contribution in [2.75, 3.05) is 0 Å². The van der Waals surface area contributed by atoms with E-state index in [0.717, 1.165) is 12.0 Å². The van der Waals surface area contributed by atoms with Crippen LogP contribution < -0.4 is 0 Å². The molecule has 80 valence electrons. The average molecular weight is 204 g/mol. The highest BCUT2D eigenvalue weighted by Crippen LogP contribution is 2.08. The Kier molecular flexibility index (Phi) is 4.22. The summed E-state index contributed by atoms with van der Waals surface area (Å²) in [5, 5.41) is 0. The van der Waals surface area contributed by atoms with E-state index in [1.807, 2.05) is 19.1 Å². The van der Waals surface area contributed by atoms with Gasteiger partial charge < -0.3 is 0 Å². The van der Waals surface area contributed by atoms with Gasteiger partial charge in [-0.1, -0.05) is 25.1 Å². The van der Waals surface area contributed by atoms with Crippen molar-refractivity contribution in [3.05, 3.63) is 35.4 Å². The maximum absolute atomic E-state index is 11.4. The minimum absolute atomic E-state index is 0.0415. The highest BCUT2D eigenvalue weighted by molar-refractivity contribution is 5.94. The molecule has 15 heavy (non-hydrogen) atoms. The van der Waals surface area contributed by atoms with Gasteiger partial charge in [-0.2, -0.15) is 0 Å². The Morgan fingerprint density at radius 3 is 2.60 bits per heavy atom. The van der Waals surface area contributed by atoms with E-state index in [4.69, 9.17) is 0 Å². The van der Waals surface area contributed by atoms with Crippen LogP contribution in [0.2, 0.25) is 0 Å². The lowest BCUT2D eigenvalue weighted by molar-refractivity contribution is -0.118. The van der Waals surface area contributed by atoms with Crippen molar-refractivity contribution >= 4 is 11.6 Å². The van der Waals surface area contributed by atoms with Crippen LogP contribution in [0.3, 0.4) is 0 Å². The molecule has 0 N–H and O–H groups in total. The standard InChI is InChI=1S/C13H16O2/c1-3-5-13(15)9-11-6-4-7-12(8-11)10(2)14/h4,6-8H,3,5,9H2,1-2H3. The van der Waals surface area contributed by atoms with Gasteiger partial charge in [-0.05, 0) is 25.0 Å². The fourth-order valence-electron chi connectivity index (χ4n) is 1.50. The molecule has 0 aliphatic rings. The Balaban J connectivity index is 2.73. The first kappa shape index (κ1) is 11.6. The van der Waals surface area contributed by atoms with Gasteiger partial charge in [0.25, 0.3) is 0 Å². The summed E-state index contributed by atoms with van der Waals surface area (Å²) in [5.41, 5.74) is 1.61. The van der Waals surface area contributed by atoms with E-state index in [1.54, 1.807) is 12.1 Å². The molecule has 1 rings (SSSR count). The maximum atomic E-state index is 11.4. The molecule has 0 aliphatic heterocycles. The Hall–Kier alpha value is -1.44. The van der Waals surface area contributed by atoms with Crippen LogP contribution >= 0.6 is 0 Å². The minimum Gasteiger partial charge on any atom is -0.299 e. The first-order chi connectivity index (χ1) is 7.13. The van der Waals surface area contributed by atoms with Crippen LogP contribution in [0.15, 0.2) is 24.3 Å². The number of hydrogen-bond acceptors (Lipinski definition) is 2.